The molecule has 1 aromatic heterocycles. The summed E-state index contributed by atoms with van der Waals surface area (Å²) in [5, 5.41) is 6.14. The number of unbranched alkanes of at least 4 members (excludes halogenated alkanes) is 4. The molecule has 0 unspecified atom stereocenters. The molecule has 2 nitrogen and oxygen atoms in total. The largest absolute Gasteiger partial charge is 0.384 e. The number of para-hydroxylation sites is 1. The van der Waals surface area contributed by atoms with Gasteiger partial charge in [-0.05, 0) is 24.5 Å². The van der Waals surface area contributed by atoms with E-state index in [1.54, 1.807) is 0 Å². The van der Waals surface area contributed by atoms with E-state index >= 15 is 0 Å². The maximum atomic E-state index is 4.99. The number of alkyl halides is 1. The van der Waals surface area contributed by atoms with Gasteiger partial charge in [-0.3, -0.25) is 0 Å². The maximum absolute atomic E-state index is 4.99. The smallest absolute Gasteiger partial charge is 0.0768 e. The van der Waals surface area contributed by atoms with Gasteiger partial charge in [-0.25, -0.2) is 4.98 Å². The van der Waals surface area contributed by atoms with Crippen molar-refractivity contribution < 1.29 is 0 Å². The summed E-state index contributed by atoms with van der Waals surface area (Å²) in [6, 6.07) is 17.2. The van der Waals surface area contributed by atoms with Gasteiger partial charge in [0.1, 0.15) is 0 Å². The van der Waals surface area contributed by atoms with Crippen LogP contribution >= 0.6 is 15.9 Å². The molecule has 3 aromatic rings. The van der Waals surface area contributed by atoms with Gasteiger partial charge in [0.15, 0.2) is 0 Å². The molecule has 1 aliphatic rings. The predicted molar refractivity (Wildman–Crippen MR) is 115 cm³/mol. The van der Waals surface area contributed by atoms with Crippen molar-refractivity contribution in [3.05, 3.63) is 59.7 Å². The van der Waals surface area contributed by atoms with Gasteiger partial charge < -0.3 is 5.32 Å². The summed E-state index contributed by atoms with van der Waals surface area (Å²) in [4.78, 5) is 4.99. The van der Waals surface area contributed by atoms with E-state index in [9.17, 15) is 0 Å². The van der Waals surface area contributed by atoms with Crippen molar-refractivity contribution in [1.82, 2.24) is 4.98 Å². The van der Waals surface area contributed by atoms with E-state index in [1.165, 1.54) is 65.6 Å². The van der Waals surface area contributed by atoms with Gasteiger partial charge in [0.25, 0.3) is 0 Å². The Labute approximate surface area is 164 Å². The summed E-state index contributed by atoms with van der Waals surface area (Å²) in [6.07, 6.45) is 7.44. The Hall–Kier alpha value is -1.87. The van der Waals surface area contributed by atoms with E-state index < -0.39 is 0 Å². The number of aromatic nitrogens is 1. The highest BCUT2D eigenvalue weighted by molar-refractivity contribution is 9.09. The summed E-state index contributed by atoms with van der Waals surface area (Å²) in [5.74, 6) is 0. The first kappa shape index (κ1) is 17.5. The van der Waals surface area contributed by atoms with E-state index in [2.05, 4.69) is 69.8 Å². The number of pyridine rings is 1. The van der Waals surface area contributed by atoms with Gasteiger partial charge in [0.05, 0.1) is 11.2 Å². The summed E-state index contributed by atoms with van der Waals surface area (Å²) in [5.41, 5.74) is 7.60. The van der Waals surface area contributed by atoms with E-state index in [-0.39, 0.29) is 0 Å². The van der Waals surface area contributed by atoms with Crippen molar-refractivity contribution >= 4 is 32.5 Å². The topological polar surface area (TPSA) is 24.9 Å². The van der Waals surface area contributed by atoms with E-state index in [4.69, 9.17) is 4.98 Å². The Bertz CT molecular complexity index is 904. The minimum Gasteiger partial charge on any atom is -0.384 e. The van der Waals surface area contributed by atoms with Crippen LogP contribution in [-0.4, -0.2) is 16.9 Å². The lowest BCUT2D eigenvalue weighted by atomic mass is 10.1. The van der Waals surface area contributed by atoms with Gasteiger partial charge in [0.2, 0.25) is 0 Å². The molecular formula is C23H25BrN2. The number of nitrogens with one attached hydrogen (secondary N) is 1. The molecule has 0 atom stereocenters. The van der Waals surface area contributed by atoms with Crippen molar-refractivity contribution in [1.29, 1.82) is 0 Å². The summed E-state index contributed by atoms with van der Waals surface area (Å²) in [6.45, 7) is 1.03. The molecule has 4 rings (SSSR count). The molecule has 0 saturated heterocycles. The van der Waals surface area contributed by atoms with E-state index in [0.29, 0.717) is 0 Å². The van der Waals surface area contributed by atoms with Crippen LogP contribution in [0.2, 0.25) is 0 Å². The molecule has 0 spiro atoms. The fourth-order valence-electron chi connectivity index (χ4n) is 3.91. The molecule has 1 heterocycles. The molecular weight excluding hydrogens is 384 g/mol. The van der Waals surface area contributed by atoms with Crippen molar-refractivity contribution in [2.75, 3.05) is 17.2 Å². The lowest BCUT2D eigenvalue weighted by Gasteiger charge is -2.15. The van der Waals surface area contributed by atoms with Crippen LogP contribution in [0.1, 0.15) is 43.2 Å². The predicted octanol–water partition coefficient (Wildman–Crippen LogP) is 6.56. The molecule has 0 aliphatic heterocycles. The van der Waals surface area contributed by atoms with Gasteiger partial charge in [-0.1, -0.05) is 77.7 Å². The zero-order valence-corrected chi connectivity index (χ0v) is 16.7. The van der Waals surface area contributed by atoms with Crippen LogP contribution in [0.15, 0.2) is 48.5 Å². The molecule has 0 saturated carbocycles. The fraction of sp³-hybridized carbons (Fsp3) is 0.348. The van der Waals surface area contributed by atoms with Crippen LogP contribution in [0, 0.1) is 0 Å². The highest BCUT2D eigenvalue weighted by Crippen LogP contribution is 2.42. The lowest BCUT2D eigenvalue weighted by Crippen LogP contribution is -2.06. The first-order chi connectivity index (χ1) is 12.9. The summed E-state index contributed by atoms with van der Waals surface area (Å²) < 4.78 is 0. The summed E-state index contributed by atoms with van der Waals surface area (Å²) >= 11 is 3.51. The Morgan fingerprint density at radius 3 is 2.58 bits per heavy atom. The number of hydrogen-bond donors (Lipinski definition) is 1. The van der Waals surface area contributed by atoms with Gasteiger partial charge in [-0.2, -0.15) is 0 Å². The van der Waals surface area contributed by atoms with Crippen molar-refractivity contribution in [3.8, 4) is 11.3 Å². The normalized spacial score (nSPS) is 12.2. The van der Waals surface area contributed by atoms with Gasteiger partial charge in [0, 0.05) is 40.5 Å². The molecule has 2 aromatic carbocycles. The number of rotatable bonds is 8. The Balaban J connectivity index is 1.57. The Kier molecular flexibility index (Phi) is 5.54. The third-order valence-electron chi connectivity index (χ3n) is 5.25. The number of halogens is 1. The molecule has 0 radical (unpaired) electrons. The Morgan fingerprint density at radius 2 is 1.65 bits per heavy atom. The molecule has 0 bridgehead atoms. The van der Waals surface area contributed by atoms with Crippen LogP contribution in [0.3, 0.4) is 0 Å². The number of anilines is 1. The minimum absolute atomic E-state index is 0.983. The number of fused-ring (bicyclic) bond motifs is 4. The molecule has 1 aliphatic carbocycles. The van der Waals surface area contributed by atoms with Crippen LogP contribution in [0.4, 0.5) is 5.69 Å². The molecule has 0 fully saturated rings. The SMILES string of the molecule is BrCCCCCCCNc1c2c(nc3ccccc13)-c1ccccc1C2. The lowest BCUT2D eigenvalue weighted by molar-refractivity contribution is 0.649. The summed E-state index contributed by atoms with van der Waals surface area (Å²) in [7, 11) is 0. The van der Waals surface area contributed by atoms with Crippen LogP contribution in [0.25, 0.3) is 22.2 Å². The zero-order valence-electron chi connectivity index (χ0n) is 15.1. The monoisotopic (exact) mass is 408 g/mol. The standard InChI is InChI=1S/C23H25BrN2/c24-14-8-2-1-3-9-15-25-22-19-12-6-7-13-21(19)26-23-18-11-5-4-10-17(18)16-20(22)23/h4-7,10-13H,1-3,8-9,14-16H2,(H,25,26). The first-order valence-corrected chi connectivity index (χ1v) is 10.8. The number of benzene rings is 2. The van der Waals surface area contributed by atoms with E-state index in [1.807, 2.05) is 0 Å². The van der Waals surface area contributed by atoms with Crippen LogP contribution in [-0.2, 0) is 6.42 Å². The second-order valence-electron chi connectivity index (χ2n) is 7.05. The van der Waals surface area contributed by atoms with Gasteiger partial charge in [-0.15, -0.1) is 0 Å². The molecule has 1 N–H and O–H groups in total. The third-order valence-corrected chi connectivity index (χ3v) is 5.81. The Morgan fingerprint density at radius 1 is 0.885 bits per heavy atom. The number of hydrogen-bond acceptors (Lipinski definition) is 2. The van der Waals surface area contributed by atoms with Crippen LogP contribution < -0.4 is 5.32 Å². The van der Waals surface area contributed by atoms with E-state index in [0.717, 1.165) is 23.8 Å². The zero-order chi connectivity index (χ0) is 17.8. The van der Waals surface area contributed by atoms with Gasteiger partial charge >= 0.3 is 0 Å². The van der Waals surface area contributed by atoms with Crippen molar-refractivity contribution in [2.24, 2.45) is 0 Å². The average molecular weight is 409 g/mol. The fourth-order valence-corrected chi connectivity index (χ4v) is 4.30. The molecule has 0 amide bonds. The highest BCUT2D eigenvalue weighted by atomic mass is 79.9. The van der Waals surface area contributed by atoms with Crippen LogP contribution in [0.5, 0.6) is 0 Å². The second kappa shape index (κ2) is 8.22. The number of nitrogens with zero attached hydrogens (tertiary/aromatic N) is 1. The second-order valence-corrected chi connectivity index (χ2v) is 7.84. The minimum atomic E-state index is 0.983. The molecule has 26 heavy (non-hydrogen) atoms. The average Bonchev–Trinajstić information content (AvgIpc) is 3.05. The molecule has 3 heteroatoms. The molecule has 134 valence electrons. The van der Waals surface area contributed by atoms with Crippen molar-refractivity contribution in [2.45, 2.75) is 38.5 Å². The first-order valence-electron chi connectivity index (χ1n) is 9.68. The third kappa shape index (κ3) is 3.50. The highest BCUT2D eigenvalue weighted by Gasteiger charge is 2.24. The van der Waals surface area contributed by atoms with Crippen molar-refractivity contribution in [3.63, 3.8) is 0 Å². The quantitative estimate of drug-likeness (QED) is 0.263. The maximum Gasteiger partial charge on any atom is 0.0768 e.